The van der Waals surface area contributed by atoms with Crippen molar-refractivity contribution < 1.29 is 4.79 Å². The van der Waals surface area contributed by atoms with Gasteiger partial charge in [-0.25, -0.2) is 0 Å². The van der Waals surface area contributed by atoms with E-state index in [4.69, 9.17) is 5.73 Å². The molecule has 21 heavy (non-hydrogen) atoms. The molecule has 3 rings (SSSR count). The number of rotatable bonds is 3. The van der Waals surface area contributed by atoms with Crippen molar-refractivity contribution in [2.45, 2.75) is 57.4 Å². The Hall–Kier alpha value is -1.51. The molecule has 1 unspecified atom stereocenters. The molecule has 114 valence electrons. The molecule has 2 aliphatic rings. The Balaban J connectivity index is 1.65. The first-order chi connectivity index (χ1) is 10.2. The Morgan fingerprint density at radius 2 is 1.95 bits per heavy atom. The minimum atomic E-state index is 0.286. The molecule has 3 nitrogen and oxygen atoms in total. The highest BCUT2D eigenvalue weighted by molar-refractivity contribution is 5.79. The van der Waals surface area contributed by atoms with Crippen LogP contribution in [0.2, 0.25) is 0 Å². The van der Waals surface area contributed by atoms with Gasteiger partial charge in [0.1, 0.15) is 0 Å². The van der Waals surface area contributed by atoms with Crippen LogP contribution in [0.3, 0.4) is 0 Å². The van der Waals surface area contributed by atoms with Gasteiger partial charge in [0.05, 0.1) is 6.42 Å². The van der Waals surface area contributed by atoms with Gasteiger partial charge >= 0.3 is 0 Å². The molecule has 0 radical (unpaired) electrons. The van der Waals surface area contributed by atoms with E-state index in [1.165, 1.54) is 44.9 Å². The molecule has 0 bridgehead atoms. The lowest BCUT2D eigenvalue weighted by Gasteiger charge is -2.34. The van der Waals surface area contributed by atoms with E-state index in [-0.39, 0.29) is 5.91 Å². The Morgan fingerprint density at radius 1 is 1.14 bits per heavy atom. The van der Waals surface area contributed by atoms with Gasteiger partial charge in [-0.1, -0.05) is 31.4 Å². The summed E-state index contributed by atoms with van der Waals surface area (Å²) in [5.41, 5.74) is 7.58. The third-order valence-corrected chi connectivity index (χ3v) is 5.12. The first kappa shape index (κ1) is 14.4. The number of anilines is 1. The summed E-state index contributed by atoms with van der Waals surface area (Å²) in [5, 5.41) is 0. The summed E-state index contributed by atoms with van der Waals surface area (Å²) in [6.07, 6.45) is 9.56. The third kappa shape index (κ3) is 3.39. The molecule has 1 heterocycles. The van der Waals surface area contributed by atoms with Gasteiger partial charge in [-0.2, -0.15) is 0 Å². The van der Waals surface area contributed by atoms with Crippen molar-refractivity contribution in [1.29, 1.82) is 0 Å². The SMILES string of the molecule is Nc1cccc(CC(=O)N2CCCC2C2CCCCC2)c1. The second-order valence-corrected chi connectivity index (χ2v) is 6.62. The largest absolute Gasteiger partial charge is 0.399 e. The standard InChI is InChI=1S/C18H26N2O/c19-16-9-4-6-14(12-16)13-18(21)20-11-5-10-17(20)15-7-2-1-3-8-15/h4,6,9,12,15,17H,1-3,5,7-8,10-11,13,19H2. The van der Waals surface area contributed by atoms with E-state index in [0.29, 0.717) is 12.5 Å². The van der Waals surface area contributed by atoms with Gasteiger partial charge < -0.3 is 10.6 Å². The average molecular weight is 286 g/mol. The normalized spacial score (nSPS) is 23.4. The number of hydrogen-bond donors (Lipinski definition) is 1. The molecular formula is C18H26N2O. The third-order valence-electron chi connectivity index (χ3n) is 5.12. The van der Waals surface area contributed by atoms with Crippen molar-refractivity contribution in [3.63, 3.8) is 0 Å². The van der Waals surface area contributed by atoms with Crippen LogP contribution in [0.25, 0.3) is 0 Å². The predicted molar refractivity (Wildman–Crippen MR) is 85.9 cm³/mol. The predicted octanol–water partition coefficient (Wildman–Crippen LogP) is 3.38. The van der Waals surface area contributed by atoms with Gasteiger partial charge in [0, 0.05) is 18.3 Å². The molecule has 1 saturated carbocycles. The number of carbonyl (C=O) groups is 1. The van der Waals surface area contributed by atoms with Crippen LogP contribution in [0.5, 0.6) is 0 Å². The van der Waals surface area contributed by atoms with Gasteiger partial charge in [-0.15, -0.1) is 0 Å². The van der Waals surface area contributed by atoms with E-state index < -0.39 is 0 Å². The maximum Gasteiger partial charge on any atom is 0.227 e. The second kappa shape index (κ2) is 6.50. The van der Waals surface area contributed by atoms with E-state index >= 15 is 0 Å². The molecule has 1 aromatic carbocycles. The second-order valence-electron chi connectivity index (χ2n) is 6.62. The molecule has 1 aliphatic carbocycles. The maximum absolute atomic E-state index is 12.7. The van der Waals surface area contributed by atoms with E-state index in [0.717, 1.165) is 23.7 Å². The number of hydrogen-bond acceptors (Lipinski definition) is 2. The lowest BCUT2D eigenvalue weighted by Crippen LogP contribution is -2.41. The molecule has 1 atom stereocenters. The number of nitrogens with zero attached hydrogens (tertiary/aromatic N) is 1. The zero-order chi connectivity index (χ0) is 14.7. The summed E-state index contributed by atoms with van der Waals surface area (Å²) < 4.78 is 0. The molecule has 1 aliphatic heterocycles. The number of likely N-dealkylation sites (tertiary alicyclic amines) is 1. The van der Waals surface area contributed by atoms with Crippen LogP contribution in [0.15, 0.2) is 24.3 Å². The van der Waals surface area contributed by atoms with Gasteiger partial charge in [-0.3, -0.25) is 4.79 Å². The summed E-state index contributed by atoms with van der Waals surface area (Å²) in [6, 6.07) is 8.22. The zero-order valence-electron chi connectivity index (χ0n) is 12.8. The monoisotopic (exact) mass is 286 g/mol. The summed E-state index contributed by atoms with van der Waals surface area (Å²) in [7, 11) is 0. The quantitative estimate of drug-likeness (QED) is 0.866. The Labute approximate surface area is 127 Å². The number of nitrogens with two attached hydrogens (primary N) is 1. The first-order valence-electron chi connectivity index (χ1n) is 8.38. The Bertz CT molecular complexity index is 494. The van der Waals surface area contributed by atoms with Crippen LogP contribution >= 0.6 is 0 Å². The van der Waals surface area contributed by atoms with E-state index in [2.05, 4.69) is 4.90 Å². The van der Waals surface area contributed by atoms with Crippen LogP contribution in [0.4, 0.5) is 5.69 Å². The van der Waals surface area contributed by atoms with Crippen molar-refractivity contribution >= 4 is 11.6 Å². The molecule has 0 aromatic heterocycles. The van der Waals surface area contributed by atoms with Crippen LogP contribution in [-0.2, 0) is 11.2 Å². The molecule has 1 amide bonds. The maximum atomic E-state index is 12.7. The summed E-state index contributed by atoms with van der Waals surface area (Å²) in [6.45, 7) is 0.947. The minimum Gasteiger partial charge on any atom is -0.399 e. The highest BCUT2D eigenvalue weighted by Crippen LogP contribution is 2.34. The lowest BCUT2D eigenvalue weighted by atomic mass is 9.83. The minimum absolute atomic E-state index is 0.286. The van der Waals surface area contributed by atoms with E-state index in [1.807, 2.05) is 24.3 Å². The van der Waals surface area contributed by atoms with Gasteiger partial charge in [0.15, 0.2) is 0 Å². The fraction of sp³-hybridized carbons (Fsp3) is 0.611. The molecule has 3 heteroatoms. The van der Waals surface area contributed by atoms with Gasteiger partial charge in [0.2, 0.25) is 5.91 Å². The van der Waals surface area contributed by atoms with Gasteiger partial charge in [0.25, 0.3) is 0 Å². The molecule has 0 spiro atoms. The summed E-state index contributed by atoms with van der Waals surface area (Å²) in [5.74, 6) is 1.03. The van der Waals surface area contributed by atoms with Crippen molar-refractivity contribution in [1.82, 2.24) is 4.90 Å². The highest BCUT2D eigenvalue weighted by atomic mass is 16.2. The van der Waals surface area contributed by atoms with Crippen LogP contribution < -0.4 is 5.73 Å². The van der Waals surface area contributed by atoms with Crippen LogP contribution in [0.1, 0.15) is 50.5 Å². The number of amides is 1. The van der Waals surface area contributed by atoms with Crippen molar-refractivity contribution in [2.75, 3.05) is 12.3 Å². The average Bonchev–Trinajstić information content (AvgIpc) is 2.98. The van der Waals surface area contributed by atoms with Crippen molar-refractivity contribution in [3.8, 4) is 0 Å². The molecule has 1 aromatic rings. The van der Waals surface area contributed by atoms with E-state index in [1.54, 1.807) is 0 Å². The highest BCUT2D eigenvalue weighted by Gasteiger charge is 2.34. The first-order valence-corrected chi connectivity index (χ1v) is 8.38. The van der Waals surface area contributed by atoms with Crippen LogP contribution in [0, 0.1) is 5.92 Å². The van der Waals surface area contributed by atoms with Crippen LogP contribution in [-0.4, -0.2) is 23.4 Å². The number of carbonyl (C=O) groups excluding carboxylic acids is 1. The number of nitrogen functional groups attached to an aromatic ring is 1. The summed E-state index contributed by atoms with van der Waals surface area (Å²) in [4.78, 5) is 14.8. The zero-order valence-corrected chi connectivity index (χ0v) is 12.8. The van der Waals surface area contributed by atoms with Gasteiger partial charge in [-0.05, 0) is 49.3 Å². The Kier molecular flexibility index (Phi) is 4.47. The van der Waals surface area contributed by atoms with Crippen molar-refractivity contribution in [3.05, 3.63) is 29.8 Å². The Morgan fingerprint density at radius 3 is 2.71 bits per heavy atom. The fourth-order valence-electron chi connectivity index (χ4n) is 4.09. The molecule has 2 N–H and O–H groups in total. The smallest absolute Gasteiger partial charge is 0.227 e. The summed E-state index contributed by atoms with van der Waals surface area (Å²) >= 11 is 0. The molecule has 2 fully saturated rings. The number of benzene rings is 1. The van der Waals surface area contributed by atoms with E-state index in [9.17, 15) is 4.79 Å². The lowest BCUT2D eigenvalue weighted by molar-refractivity contribution is -0.132. The fourth-order valence-corrected chi connectivity index (χ4v) is 4.09. The molecular weight excluding hydrogens is 260 g/mol. The van der Waals surface area contributed by atoms with Crippen molar-refractivity contribution in [2.24, 2.45) is 5.92 Å². The topological polar surface area (TPSA) is 46.3 Å². The molecule has 1 saturated heterocycles.